The number of hydrogen-bond acceptors (Lipinski definition) is 5. The van der Waals surface area contributed by atoms with Crippen LogP contribution in [0, 0.1) is 0 Å². The number of carbonyl (C=O) groups is 1. The second kappa shape index (κ2) is 10.8. The van der Waals surface area contributed by atoms with Crippen LogP contribution in [0.2, 0.25) is 0 Å². The molecule has 0 bridgehead atoms. The fraction of sp³-hybridized carbons (Fsp3) is 0.433. The fourth-order valence-electron chi connectivity index (χ4n) is 5.63. The highest BCUT2D eigenvalue weighted by Crippen LogP contribution is 2.38. The van der Waals surface area contributed by atoms with Gasteiger partial charge in [0.15, 0.2) is 0 Å². The standard InChI is InChI=1S/C30H36N2O4/c1-21(17-30(33)32-15-13-31(14-16-32)23-7-5-4-6-8-23)25-18-26-27(20-36-29(26)19-28(25)35-3)22-9-11-24(34-2)12-10-22/h9-12,17-20,23H,4-8,13-16H2,1-3H3/b21-17+. The highest BCUT2D eigenvalue weighted by molar-refractivity contribution is 6.00. The molecule has 1 saturated carbocycles. The van der Waals surface area contributed by atoms with Crippen molar-refractivity contribution < 1.29 is 18.7 Å². The summed E-state index contributed by atoms with van der Waals surface area (Å²) in [6.07, 6.45) is 10.2. The first kappa shape index (κ1) is 24.4. The molecule has 0 atom stereocenters. The van der Waals surface area contributed by atoms with Gasteiger partial charge in [0, 0.05) is 60.9 Å². The van der Waals surface area contributed by atoms with Gasteiger partial charge in [0.25, 0.3) is 0 Å². The second-order valence-corrected chi connectivity index (χ2v) is 9.91. The molecule has 6 heteroatoms. The monoisotopic (exact) mass is 488 g/mol. The van der Waals surface area contributed by atoms with Crippen molar-refractivity contribution in [2.75, 3.05) is 40.4 Å². The lowest BCUT2D eigenvalue weighted by Gasteiger charge is -2.40. The third-order valence-corrected chi connectivity index (χ3v) is 7.78. The van der Waals surface area contributed by atoms with Gasteiger partial charge in [-0.3, -0.25) is 9.69 Å². The van der Waals surface area contributed by atoms with Crippen molar-refractivity contribution in [2.45, 2.75) is 45.1 Å². The average Bonchev–Trinajstić information content (AvgIpc) is 3.35. The molecule has 36 heavy (non-hydrogen) atoms. The molecule has 0 N–H and O–H groups in total. The number of benzene rings is 2. The molecule has 2 aromatic carbocycles. The molecule has 190 valence electrons. The van der Waals surface area contributed by atoms with Gasteiger partial charge in [-0.25, -0.2) is 0 Å². The highest BCUT2D eigenvalue weighted by Gasteiger charge is 2.26. The zero-order valence-corrected chi connectivity index (χ0v) is 21.6. The van der Waals surface area contributed by atoms with E-state index < -0.39 is 0 Å². The molecule has 1 saturated heterocycles. The Kier molecular flexibility index (Phi) is 7.33. The predicted octanol–water partition coefficient (Wildman–Crippen LogP) is 6.00. The summed E-state index contributed by atoms with van der Waals surface area (Å²) in [4.78, 5) is 17.8. The normalized spacial score (nSPS) is 18.0. The van der Waals surface area contributed by atoms with Gasteiger partial charge in [0.05, 0.1) is 20.5 Å². The summed E-state index contributed by atoms with van der Waals surface area (Å²) in [5.74, 6) is 1.58. The molecule has 0 unspecified atom stereocenters. The van der Waals surface area contributed by atoms with Crippen LogP contribution in [-0.2, 0) is 4.79 Å². The third-order valence-electron chi connectivity index (χ3n) is 7.78. The SMILES string of the molecule is COc1ccc(-c2coc3cc(OC)c(/C(C)=C/C(=O)N4CCN(C5CCCCC5)CC4)cc23)cc1. The number of carbonyl (C=O) groups excluding carboxylic acids is 1. The van der Waals surface area contributed by atoms with Crippen LogP contribution in [0.3, 0.4) is 0 Å². The zero-order valence-electron chi connectivity index (χ0n) is 21.6. The Morgan fingerprint density at radius 3 is 2.36 bits per heavy atom. The van der Waals surface area contributed by atoms with Crippen molar-refractivity contribution in [3.05, 3.63) is 54.3 Å². The molecule has 1 amide bonds. The Morgan fingerprint density at radius 2 is 1.69 bits per heavy atom. The van der Waals surface area contributed by atoms with Crippen LogP contribution >= 0.6 is 0 Å². The highest BCUT2D eigenvalue weighted by atomic mass is 16.5. The van der Waals surface area contributed by atoms with Crippen LogP contribution in [0.15, 0.2) is 53.2 Å². The number of methoxy groups -OCH3 is 2. The number of ether oxygens (including phenoxy) is 2. The zero-order chi connectivity index (χ0) is 25.1. The van der Waals surface area contributed by atoms with Gasteiger partial charge in [0.1, 0.15) is 17.1 Å². The largest absolute Gasteiger partial charge is 0.497 e. The van der Waals surface area contributed by atoms with Gasteiger partial charge in [-0.2, -0.15) is 0 Å². The molecule has 3 aromatic rings. The van der Waals surface area contributed by atoms with Crippen LogP contribution in [-0.4, -0.2) is 62.1 Å². The average molecular weight is 489 g/mol. The number of hydrogen-bond donors (Lipinski definition) is 0. The summed E-state index contributed by atoms with van der Waals surface area (Å²) < 4.78 is 16.8. The number of allylic oxidation sites excluding steroid dienone is 1. The van der Waals surface area contributed by atoms with E-state index in [2.05, 4.69) is 11.0 Å². The molecule has 6 nitrogen and oxygen atoms in total. The molecule has 2 fully saturated rings. The summed E-state index contributed by atoms with van der Waals surface area (Å²) in [6.45, 7) is 5.50. The van der Waals surface area contributed by atoms with E-state index in [9.17, 15) is 4.79 Å². The van der Waals surface area contributed by atoms with Crippen molar-refractivity contribution in [3.8, 4) is 22.6 Å². The van der Waals surface area contributed by atoms with E-state index in [4.69, 9.17) is 13.9 Å². The maximum absolute atomic E-state index is 13.2. The number of rotatable bonds is 6. The van der Waals surface area contributed by atoms with E-state index >= 15 is 0 Å². The third kappa shape index (κ3) is 5.00. The summed E-state index contributed by atoms with van der Waals surface area (Å²) in [6, 6.07) is 12.6. The predicted molar refractivity (Wildman–Crippen MR) is 143 cm³/mol. The molecule has 0 radical (unpaired) electrons. The molecule has 0 spiro atoms. The Balaban J connectivity index is 1.35. The smallest absolute Gasteiger partial charge is 0.246 e. The van der Waals surface area contributed by atoms with Crippen LogP contribution in [0.4, 0.5) is 0 Å². The Morgan fingerprint density at radius 1 is 0.972 bits per heavy atom. The summed E-state index contributed by atoms with van der Waals surface area (Å²) in [5, 5.41) is 0.984. The van der Waals surface area contributed by atoms with Crippen molar-refractivity contribution in [3.63, 3.8) is 0 Å². The molecule has 2 heterocycles. The van der Waals surface area contributed by atoms with Gasteiger partial charge >= 0.3 is 0 Å². The molecular weight excluding hydrogens is 452 g/mol. The van der Waals surface area contributed by atoms with Gasteiger partial charge in [-0.05, 0) is 49.1 Å². The van der Waals surface area contributed by atoms with Crippen LogP contribution in [0.25, 0.3) is 27.7 Å². The summed E-state index contributed by atoms with van der Waals surface area (Å²) >= 11 is 0. The minimum atomic E-state index is 0.0699. The lowest BCUT2D eigenvalue weighted by atomic mass is 9.94. The maximum Gasteiger partial charge on any atom is 0.246 e. The first-order chi connectivity index (χ1) is 17.6. The summed E-state index contributed by atoms with van der Waals surface area (Å²) in [5.41, 5.74) is 4.57. The minimum absolute atomic E-state index is 0.0699. The number of furan rings is 1. The van der Waals surface area contributed by atoms with Crippen LogP contribution in [0.1, 0.15) is 44.6 Å². The van der Waals surface area contributed by atoms with Gasteiger partial charge in [-0.1, -0.05) is 31.4 Å². The molecular formula is C30H36N2O4. The topological polar surface area (TPSA) is 55.2 Å². The fourth-order valence-corrected chi connectivity index (χ4v) is 5.63. The molecule has 5 rings (SSSR count). The second-order valence-electron chi connectivity index (χ2n) is 9.91. The minimum Gasteiger partial charge on any atom is -0.497 e. The first-order valence-electron chi connectivity index (χ1n) is 13.0. The molecule has 1 aliphatic carbocycles. The van der Waals surface area contributed by atoms with Crippen molar-refractivity contribution in [1.82, 2.24) is 9.80 Å². The Labute approximate surface area is 213 Å². The quantitative estimate of drug-likeness (QED) is 0.399. The van der Waals surface area contributed by atoms with Crippen molar-refractivity contribution in [1.29, 1.82) is 0 Å². The van der Waals surface area contributed by atoms with Gasteiger partial charge in [0.2, 0.25) is 5.91 Å². The van der Waals surface area contributed by atoms with Gasteiger partial charge < -0.3 is 18.8 Å². The number of amides is 1. The van der Waals surface area contributed by atoms with E-state index in [1.807, 2.05) is 42.2 Å². The number of nitrogens with zero attached hydrogens (tertiary/aromatic N) is 2. The van der Waals surface area contributed by atoms with Crippen LogP contribution in [0.5, 0.6) is 11.5 Å². The Bertz CT molecular complexity index is 1230. The maximum atomic E-state index is 13.2. The molecule has 2 aliphatic rings. The van der Waals surface area contributed by atoms with E-state index in [1.165, 1.54) is 32.1 Å². The van der Waals surface area contributed by atoms with E-state index in [1.54, 1.807) is 26.6 Å². The number of fused-ring (bicyclic) bond motifs is 1. The van der Waals surface area contributed by atoms with E-state index in [0.29, 0.717) is 11.8 Å². The van der Waals surface area contributed by atoms with E-state index in [0.717, 1.165) is 65.2 Å². The molecule has 1 aliphatic heterocycles. The lowest BCUT2D eigenvalue weighted by molar-refractivity contribution is -0.128. The van der Waals surface area contributed by atoms with Crippen molar-refractivity contribution in [2.24, 2.45) is 0 Å². The Hall–Kier alpha value is -3.25. The first-order valence-corrected chi connectivity index (χ1v) is 13.0. The lowest BCUT2D eigenvalue weighted by Crippen LogP contribution is -2.52. The summed E-state index contributed by atoms with van der Waals surface area (Å²) in [7, 11) is 3.31. The van der Waals surface area contributed by atoms with Crippen LogP contribution < -0.4 is 9.47 Å². The van der Waals surface area contributed by atoms with Gasteiger partial charge in [-0.15, -0.1) is 0 Å². The number of piperazine rings is 1. The van der Waals surface area contributed by atoms with Crippen molar-refractivity contribution >= 4 is 22.4 Å². The molecule has 1 aromatic heterocycles. The van der Waals surface area contributed by atoms with E-state index in [-0.39, 0.29) is 5.91 Å².